The van der Waals surface area contributed by atoms with Crippen LogP contribution in [0.1, 0.15) is 12.5 Å². The lowest BCUT2D eigenvalue weighted by Crippen LogP contribution is -2.53. The molecular formula is C16H17ClF3N3O2S. The summed E-state index contributed by atoms with van der Waals surface area (Å²) in [5.74, 6) is -0.280. The Balaban J connectivity index is 0.00000243. The van der Waals surface area contributed by atoms with E-state index in [-0.39, 0.29) is 24.4 Å². The van der Waals surface area contributed by atoms with Gasteiger partial charge in [-0.3, -0.25) is 4.79 Å². The highest BCUT2D eigenvalue weighted by Gasteiger charge is 2.31. The number of alkyl halides is 3. The van der Waals surface area contributed by atoms with Crippen LogP contribution in [0.25, 0.3) is 11.3 Å². The van der Waals surface area contributed by atoms with E-state index in [1.54, 1.807) is 18.4 Å². The summed E-state index contributed by atoms with van der Waals surface area (Å²) < 4.78 is 43.9. The van der Waals surface area contributed by atoms with Gasteiger partial charge in [0.2, 0.25) is 5.91 Å². The molecule has 2 aromatic rings. The van der Waals surface area contributed by atoms with E-state index in [0.717, 1.165) is 23.5 Å². The molecule has 142 valence electrons. The van der Waals surface area contributed by atoms with Crippen LogP contribution in [-0.4, -0.2) is 36.2 Å². The summed E-state index contributed by atoms with van der Waals surface area (Å²) in [4.78, 5) is 16.5. The largest absolute Gasteiger partial charge is 0.416 e. The van der Waals surface area contributed by atoms with E-state index in [9.17, 15) is 18.0 Å². The van der Waals surface area contributed by atoms with E-state index in [1.165, 1.54) is 6.07 Å². The molecular weight excluding hydrogens is 391 g/mol. The second kappa shape index (κ2) is 8.34. The van der Waals surface area contributed by atoms with Gasteiger partial charge in [-0.05, 0) is 19.1 Å². The first kappa shape index (κ1) is 20.6. The van der Waals surface area contributed by atoms with Crippen LogP contribution in [0.4, 0.5) is 18.3 Å². The Morgan fingerprint density at radius 1 is 1.42 bits per heavy atom. The second-order valence-corrected chi connectivity index (χ2v) is 6.47. The van der Waals surface area contributed by atoms with Crippen LogP contribution in [0.2, 0.25) is 0 Å². The molecule has 2 heterocycles. The van der Waals surface area contributed by atoms with E-state index >= 15 is 0 Å². The van der Waals surface area contributed by atoms with Crippen molar-refractivity contribution in [3.05, 3.63) is 35.2 Å². The van der Waals surface area contributed by atoms with Crippen molar-refractivity contribution >= 4 is 34.8 Å². The number of rotatable bonds is 3. The van der Waals surface area contributed by atoms with Gasteiger partial charge in [0.15, 0.2) is 5.13 Å². The van der Waals surface area contributed by atoms with Crippen LogP contribution in [0.3, 0.4) is 0 Å². The molecule has 1 aromatic heterocycles. The third-order valence-electron chi connectivity index (χ3n) is 3.82. The fourth-order valence-electron chi connectivity index (χ4n) is 2.53. The van der Waals surface area contributed by atoms with Gasteiger partial charge in [0.1, 0.15) is 6.04 Å². The Labute approximate surface area is 158 Å². The van der Waals surface area contributed by atoms with E-state index < -0.39 is 17.8 Å². The molecule has 26 heavy (non-hydrogen) atoms. The molecule has 5 nitrogen and oxygen atoms in total. The zero-order valence-electron chi connectivity index (χ0n) is 13.7. The van der Waals surface area contributed by atoms with Crippen molar-refractivity contribution in [1.82, 2.24) is 10.3 Å². The molecule has 10 heteroatoms. The van der Waals surface area contributed by atoms with E-state index in [1.807, 2.05) is 0 Å². The van der Waals surface area contributed by atoms with Crippen molar-refractivity contribution in [2.45, 2.75) is 25.2 Å². The predicted octanol–water partition coefficient (Wildman–Crippen LogP) is 3.57. The lowest BCUT2D eigenvalue weighted by molar-refractivity contribution is -0.137. The predicted molar refractivity (Wildman–Crippen MR) is 95.6 cm³/mol. The number of aromatic nitrogens is 1. The SMILES string of the molecule is C[C@H]1OCCN[C@@H]1C(=O)Nc1nc(-c2cccc(C(F)(F)F)c2)cs1.Cl. The summed E-state index contributed by atoms with van der Waals surface area (Å²) in [7, 11) is 0. The van der Waals surface area contributed by atoms with Gasteiger partial charge in [-0.1, -0.05) is 12.1 Å². The molecule has 0 bridgehead atoms. The van der Waals surface area contributed by atoms with Crippen LogP contribution in [0.5, 0.6) is 0 Å². The number of carbonyl (C=O) groups excluding carboxylic acids is 1. The highest BCUT2D eigenvalue weighted by Crippen LogP contribution is 2.33. The molecule has 1 amide bonds. The molecule has 1 saturated heterocycles. The lowest BCUT2D eigenvalue weighted by atomic mass is 10.1. The summed E-state index contributed by atoms with van der Waals surface area (Å²) in [6.45, 7) is 2.92. The van der Waals surface area contributed by atoms with E-state index in [0.29, 0.717) is 29.5 Å². The molecule has 0 aliphatic carbocycles. The smallest absolute Gasteiger partial charge is 0.375 e. The summed E-state index contributed by atoms with van der Waals surface area (Å²) >= 11 is 1.16. The number of ether oxygens (including phenoxy) is 1. The highest BCUT2D eigenvalue weighted by molar-refractivity contribution is 7.14. The number of hydrogen-bond acceptors (Lipinski definition) is 5. The molecule has 2 atom stereocenters. The van der Waals surface area contributed by atoms with Gasteiger partial charge < -0.3 is 15.4 Å². The maximum Gasteiger partial charge on any atom is 0.416 e. The normalized spacial score (nSPS) is 20.3. The summed E-state index contributed by atoms with van der Waals surface area (Å²) in [6, 6.07) is 4.44. The monoisotopic (exact) mass is 407 g/mol. The van der Waals surface area contributed by atoms with Crippen molar-refractivity contribution in [2.75, 3.05) is 18.5 Å². The van der Waals surface area contributed by atoms with Crippen LogP contribution < -0.4 is 10.6 Å². The Hall–Kier alpha value is -1.68. The Morgan fingerprint density at radius 3 is 2.88 bits per heavy atom. The molecule has 0 spiro atoms. The molecule has 3 rings (SSSR count). The topological polar surface area (TPSA) is 63.2 Å². The zero-order chi connectivity index (χ0) is 18.0. The second-order valence-electron chi connectivity index (χ2n) is 5.61. The van der Waals surface area contributed by atoms with Crippen molar-refractivity contribution in [3.8, 4) is 11.3 Å². The molecule has 0 saturated carbocycles. The number of nitrogens with one attached hydrogen (secondary N) is 2. The van der Waals surface area contributed by atoms with E-state index in [2.05, 4.69) is 15.6 Å². The molecule has 1 fully saturated rings. The molecule has 0 radical (unpaired) electrons. The van der Waals surface area contributed by atoms with Gasteiger partial charge in [0.05, 0.1) is 24.0 Å². The number of amides is 1. The summed E-state index contributed by atoms with van der Waals surface area (Å²) in [6.07, 6.45) is -4.68. The van der Waals surface area contributed by atoms with Gasteiger partial charge in [-0.15, -0.1) is 23.7 Å². The molecule has 1 aromatic carbocycles. The lowest BCUT2D eigenvalue weighted by Gasteiger charge is -2.28. The van der Waals surface area contributed by atoms with Crippen molar-refractivity contribution in [1.29, 1.82) is 0 Å². The van der Waals surface area contributed by atoms with Crippen LogP contribution in [0, 0.1) is 0 Å². The standard InChI is InChI=1S/C16H16F3N3O2S.ClH/c1-9-13(20-5-6-24-9)14(23)22-15-21-12(8-25-15)10-3-2-4-11(7-10)16(17,18)19;/h2-4,7-9,13,20H,5-6H2,1H3,(H,21,22,23);1H/t9-,13+;/m1./s1. The quantitative estimate of drug-likeness (QED) is 0.816. The first-order chi connectivity index (χ1) is 11.8. The molecule has 2 N–H and O–H groups in total. The number of nitrogens with zero attached hydrogens (tertiary/aromatic N) is 1. The first-order valence-corrected chi connectivity index (χ1v) is 8.51. The Bertz CT molecular complexity index is 769. The van der Waals surface area contributed by atoms with Gasteiger partial charge in [0.25, 0.3) is 0 Å². The zero-order valence-corrected chi connectivity index (χ0v) is 15.3. The van der Waals surface area contributed by atoms with Crippen molar-refractivity contribution in [3.63, 3.8) is 0 Å². The van der Waals surface area contributed by atoms with Gasteiger partial charge in [0, 0.05) is 17.5 Å². The minimum atomic E-state index is -4.41. The number of carbonyl (C=O) groups is 1. The number of hydrogen-bond donors (Lipinski definition) is 2. The first-order valence-electron chi connectivity index (χ1n) is 7.63. The van der Waals surface area contributed by atoms with Crippen LogP contribution >= 0.6 is 23.7 Å². The molecule has 1 aliphatic heterocycles. The minimum absolute atomic E-state index is 0. The Morgan fingerprint density at radius 2 is 2.19 bits per heavy atom. The van der Waals surface area contributed by atoms with Gasteiger partial charge in [-0.25, -0.2) is 4.98 Å². The number of thiazole rings is 1. The van der Waals surface area contributed by atoms with Crippen molar-refractivity contribution in [2.24, 2.45) is 0 Å². The number of anilines is 1. The Kier molecular flexibility index (Phi) is 6.62. The highest BCUT2D eigenvalue weighted by atomic mass is 35.5. The summed E-state index contributed by atoms with van der Waals surface area (Å²) in [5.41, 5.74) is -0.00710. The number of halogens is 4. The fraction of sp³-hybridized carbons (Fsp3) is 0.375. The van der Waals surface area contributed by atoms with Crippen LogP contribution in [0.15, 0.2) is 29.6 Å². The average Bonchev–Trinajstić information content (AvgIpc) is 3.03. The molecule has 1 aliphatic rings. The van der Waals surface area contributed by atoms with Gasteiger partial charge in [-0.2, -0.15) is 13.2 Å². The van der Waals surface area contributed by atoms with Crippen LogP contribution in [-0.2, 0) is 15.7 Å². The molecule has 0 unspecified atom stereocenters. The maximum absolute atomic E-state index is 12.8. The average molecular weight is 408 g/mol. The minimum Gasteiger partial charge on any atom is -0.375 e. The van der Waals surface area contributed by atoms with E-state index in [4.69, 9.17) is 4.74 Å². The van der Waals surface area contributed by atoms with Crippen molar-refractivity contribution < 1.29 is 22.7 Å². The summed E-state index contributed by atoms with van der Waals surface area (Å²) in [5, 5.41) is 7.69. The fourth-order valence-corrected chi connectivity index (χ4v) is 3.25. The third kappa shape index (κ3) is 4.73. The van der Waals surface area contributed by atoms with Gasteiger partial charge >= 0.3 is 6.18 Å². The third-order valence-corrected chi connectivity index (χ3v) is 4.58. The maximum atomic E-state index is 12.8. The number of morpholine rings is 1. The number of benzene rings is 1.